The molecule has 0 aromatic carbocycles. The van der Waals surface area contributed by atoms with E-state index in [9.17, 15) is 4.79 Å². The number of carbonyl (C=O) groups excluding carboxylic acids is 1. The number of carbonyl (C=O) groups is 1. The molecule has 3 aliphatic rings. The first-order valence-corrected chi connectivity index (χ1v) is 7.88. The number of amides is 1. The molecule has 4 nitrogen and oxygen atoms in total. The fourth-order valence-corrected chi connectivity index (χ4v) is 3.82. The quantitative estimate of drug-likeness (QED) is 0.865. The number of piperidine rings is 3. The molecule has 3 aliphatic heterocycles. The highest BCUT2D eigenvalue weighted by molar-refractivity contribution is 6.29. The third kappa shape index (κ3) is 2.32. The Balaban J connectivity index is 1.55. The van der Waals surface area contributed by atoms with E-state index in [-0.39, 0.29) is 5.91 Å². The van der Waals surface area contributed by atoms with E-state index in [0.29, 0.717) is 22.7 Å². The highest BCUT2D eigenvalue weighted by atomic mass is 35.5. The molecular weight excluding hydrogens is 286 g/mol. The van der Waals surface area contributed by atoms with Crippen molar-refractivity contribution in [3.8, 4) is 0 Å². The predicted octanol–water partition coefficient (Wildman–Crippen LogP) is 2.42. The lowest BCUT2D eigenvalue weighted by atomic mass is 9.84. The van der Waals surface area contributed by atoms with E-state index < -0.39 is 0 Å². The number of halogens is 1. The number of rotatable bonds is 2. The molecule has 3 fully saturated rings. The highest BCUT2D eigenvalue weighted by Crippen LogP contribution is 2.27. The minimum Gasteiger partial charge on any atom is -0.348 e. The Morgan fingerprint density at radius 1 is 1.29 bits per heavy atom. The number of nitrogens with one attached hydrogen (secondary N) is 1. The zero-order valence-corrected chi connectivity index (χ0v) is 12.5. The molecule has 5 heterocycles. The Bertz CT molecular complexity index is 688. The fourth-order valence-electron chi connectivity index (χ4n) is 3.60. The highest BCUT2D eigenvalue weighted by Gasteiger charge is 2.35. The van der Waals surface area contributed by atoms with E-state index in [0.717, 1.165) is 12.1 Å². The van der Waals surface area contributed by atoms with Crippen molar-refractivity contribution >= 4 is 23.0 Å². The van der Waals surface area contributed by atoms with Gasteiger partial charge in [0.1, 0.15) is 5.15 Å². The van der Waals surface area contributed by atoms with Crippen LogP contribution in [-0.2, 0) is 0 Å². The molecule has 21 heavy (non-hydrogen) atoms. The van der Waals surface area contributed by atoms with Gasteiger partial charge in [-0.3, -0.25) is 4.79 Å². The van der Waals surface area contributed by atoms with Crippen molar-refractivity contribution in [2.24, 2.45) is 5.92 Å². The van der Waals surface area contributed by atoms with Crippen LogP contribution in [0, 0.1) is 5.92 Å². The average Bonchev–Trinajstić information content (AvgIpc) is 2.94. The van der Waals surface area contributed by atoms with E-state index in [1.165, 1.54) is 25.9 Å². The molecule has 0 saturated carbocycles. The molecule has 2 bridgehead atoms. The van der Waals surface area contributed by atoms with Crippen molar-refractivity contribution in [3.63, 3.8) is 0 Å². The standard InChI is InChI=1S/C16H18ClN3O/c17-15-3-1-2-13-8-12(9-20(13)15)16(21)18-14-10-19-6-4-11(14)5-7-19/h1-3,8-9,11,14H,4-7,10H2,(H,18,21). The topological polar surface area (TPSA) is 36.8 Å². The Hall–Kier alpha value is -1.52. The molecule has 0 spiro atoms. The van der Waals surface area contributed by atoms with Crippen LogP contribution >= 0.6 is 11.6 Å². The van der Waals surface area contributed by atoms with Gasteiger partial charge in [-0.05, 0) is 50.0 Å². The van der Waals surface area contributed by atoms with Gasteiger partial charge in [0.2, 0.25) is 0 Å². The molecule has 1 N–H and O–H groups in total. The largest absolute Gasteiger partial charge is 0.348 e. The van der Waals surface area contributed by atoms with E-state index in [1.54, 1.807) is 0 Å². The molecule has 2 aromatic heterocycles. The maximum Gasteiger partial charge on any atom is 0.253 e. The lowest BCUT2D eigenvalue weighted by Crippen LogP contribution is -2.57. The normalized spacial score (nSPS) is 28.0. The molecule has 1 amide bonds. The van der Waals surface area contributed by atoms with Crippen LogP contribution in [0.25, 0.3) is 5.52 Å². The first-order valence-electron chi connectivity index (χ1n) is 7.50. The van der Waals surface area contributed by atoms with Crippen molar-refractivity contribution < 1.29 is 4.79 Å². The van der Waals surface area contributed by atoms with Crippen LogP contribution in [0.4, 0.5) is 0 Å². The number of pyridine rings is 1. The predicted molar refractivity (Wildman–Crippen MR) is 82.8 cm³/mol. The summed E-state index contributed by atoms with van der Waals surface area (Å²) in [5, 5.41) is 3.83. The summed E-state index contributed by atoms with van der Waals surface area (Å²) in [5.41, 5.74) is 1.63. The molecule has 5 heteroatoms. The summed E-state index contributed by atoms with van der Waals surface area (Å²) in [7, 11) is 0. The van der Waals surface area contributed by atoms with Gasteiger partial charge in [-0.2, -0.15) is 0 Å². The van der Waals surface area contributed by atoms with Crippen LogP contribution in [0.1, 0.15) is 23.2 Å². The van der Waals surface area contributed by atoms with Crippen LogP contribution < -0.4 is 5.32 Å². The minimum absolute atomic E-state index is 0.00789. The monoisotopic (exact) mass is 303 g/mol. The first-order chi connectivity index (χ1) is 10.2. The van der Waals surface area contributed by atoms with Crippen LogP contribution in [0.2, 0.25) is 5.15 Å². The minimum atomic E-state index is 0.00789. The number of nitrogens with zero attached hydrogens (tertiary/aromatic N) is 2. The summed E-state index contributed by atoms with van der Waals surface area (Å²) >= 11 is 6.14. The second-order valence-corrected chi connectivity index (χ2v) is 6.48. The maximum absolute atomic E-state index is 12.5. The van der Waals surface area contributed by atoms with Crippen molar-refractivity contribution in [2.75, 3.05) is 19.6 Å². The van der Waals surface area contributed by atoms with E-state index in [1.807, 2.05) is 34.9 Å². The summed E-state index contributed by atoms with van der Waals surface area (Å²) in [6.45, 7) is 3.36. The molecule has 2 aromatic rings. The zero-order chi connectivity index (χ0) is 14.4. The van der Waals surface area contributed by atoms with Crippen molar-refractivity contribution in [2.45, 2.75) is 18.9 Å². The molecule has 1 atom stereocenters. The third-order valence-electron chi connectivity index (χ3n) is 4.82. The van der Waals surface area contributed by atoms with Crippen LogP contribution in [0.5, 0.6) is 0 Å². The summed E-state index contributed by atoms with van der Waals surface area (Å²) in [5.74, 6) is 0.646. The van der Waals surface area contributed by atoms with Gasteiger partial charge in [-0.25, -0.2) is 0 Å². The Labute approximate surface area is 128 Å². The fraction of sp³-hybridized carbons (Fsp3) is 0.438. The van der Waals surface area contributed by atoms with Gasteiger partial charge in [-0.1, -0.05) is 17.7 Å². The summed E-state index contributed by atoms with van der Waals surface area (Å²) in [6, 6.07) is 7.86. The summed E-state index contributed by atoms with van der Waals surface area (Å²) in [4.78, 5) is 14.9. The van der Waals surface area contributed by atoms with Crippen LogP contribution in [0.15, 0.2) is 30.5 Å². The van der Waals surface area contributed by atoms with Gasteiger partial charge in [0.25, 0.3) is 5.91 Å². The molecular formula is C16H18ClN3O. The van der Waals surface area contributed by atoms with E-state index in [4.69, 9.17) is 11.6 Å². The van der Waals surface area contributed by atoms with Gasteiger partial charge < -0.3 is 14.6 Å². The van der Waals surface area contributed by atoms with Gasteiger partial charge in [0.15, 0.2) is 0 Å². The molecule has 0 aliphatic carbocycles. The second-order valence-electron chi connectivity index (χ2n) is 6.09. The van der Waals surface area contributed by atoms with Crippen molar-refractivity contribution in [1.82, 2.24) is 14.6 Å². The molecule has 0 radical (unpaired) electrons. The lowest BCUT2D eigenvalue weighted by molar-refractivity contribution is 0.0620. The van der Waals surface area contributed by atoms with Gasteiger partial charge in [0, 0.05) is 24.3 Å². The van der Waals surface area contributed by atoms with Crippen LogP contribution in [0.3, 0.4) is 0 Å². The SMILES string of the molecule is O=C(NC1CN2CCC1CC2)c1cc2cccc(Cl)n2c1. The first kappa shape index (κ1) is 13.2. The summed E-state index contributed by atoms with van der Waals surface area (Å²) < 4.78 is 1.84. The molecule has 110 valence electrons. The zero-order valence-electron chi connectivity index (χ0n) is 11.8. The van der Waals surface area contributed by atoms with Gasteiger partial charge >= 0.3 is 0 Å². The van der Waals surface area contributed by atoms with E-state index in [2.05, 4.69) is 10.2 Å². The van der Waals surface area contributed by atoms with Crippen LogP contribution in [-0.4, -0.2) is 40.9 Å². The van der Waals surface area contributed by atoms with Gasteiger partial charge in [0.05, 0.1) is 5.56 Å². The number of hydrogen-bond acceptors (Lipinski definition) is 2. The molecule has 5 rings (SSSR count). The maximum atomic E-state index is 12.5. The number of aromatic nitrogens is 1. The van der Waals surface area contributed by atoms with Crippen molar-refractivity contribution in [3.05, 3.63) is 41.2 Å². The molecule has 3 saturated heterocycles. The Morgan fingerprint density at radius 3 is 2.76 bits per heavy atom. The van der Waals surface area contributed by atoms with Gasteiger partial charge in [-0.15, -0.1) is 0 Å². The average molecular weight is 304 g/mol. The van der Waals surface area contributed by atoms with E-state index >= 15 is 0 Å². The molecule has 1 unspecified atom stereocenters. The Kier molecular flexibility index (Phi) is 3.16. The smallest absolute Gasteiger partial charge is 0.253 e. The number of fused-ring (bicyclic) bond motifs is 4. The Morgan fingerprint density at radius 2 is 2.10 bits per heavy atom. The van der Waals surface area contributed by atoms with Crippen molar-refractivity contribution in [1.29, 1.82) is 0 Å². The second kappa shape index (κ2) is 5.04. The third-order valence-corrected chi connectivity index (χ3v) is 5.12. The number of hydrogen-bond donors (Lipinski definition) is 1. The lowest BCUT2D eigenvalue weighted by Gasteiger charge is -2.44. The summed E-state index contributed by atoms with van der Waals surface area (Å²) in [6.07, 6.45) is 4.22.